The topological polar surface area (TPSA) is 0 Å². The Kier molecular flexibility index (Phi) is 7.35. The SMILES string of the molecule is CC(C)(C)CCCc1ccc(CC(C)(C)CCc2ccc(Cl)cc2)cc1. The summed E-state index contributed by atoms with van der Waals surface area (Å²) in [4.78, 5) is 0. The molecule has 0 unspecified atom stereocenters. The fraction of sp³-hybridized carbons (Fsp3) is 0.520. The summed E-state index contributed by atoms with van der Waals surface area (Å²) in [5.41, 5.74) is 5.03. The molecule has 0 N–H and O–H groups in total. The molecule has 0 bridgehead atoms. The number of rotatable bonds is 8. The van der Waals surface area contributed by atoms with Crippen LogP contribution >= 0.6 is 11.6 Å². The molecule has 0 atom stereocenters. The highest BCUT2D eigenvalue weighted by Gasteiger charge is 2.18. The molecule has 0 aliphatic rings. The molecule has 142 valence electrons. The molecular weight excluding hydrogens is 336 g/mol. The van der Waals surface area contributed by atoms with Crippen LogP contribution in [-0.2, 0) is 19.3 Å². The zero-order valence-electron chi connectivity index (χ0n) is 17.2. The Morgan fingerprint density at radius 3 is 1.73 bits per heavy atom. The van der Waals surface area contributed by atoms with Crippen LogP contribution < -0.4 is 0 Å². The largest absolute Gasteiger partial charge is 0.0843 e. The van der Waals surface area contributed by atoms with Crippen molar-refractivity contribution in [1.29, 1.82) is 0 Å². The second kappa shape index (κ2) is 9.09. The molecule has 0 aliphatic heterocycles. The lowest BCUT2D eigenvalue weighted by molar-refractivity contribution is 0.333. The van der Waals surface area contributed by atoms with Crippen LogP contribution in [0.1, 0.15) is 70.6 Å². The molecule has 0 fully saturated rings. The third-order valence-electron chi connectivity index (χ3n) is 5.10. The van der Waals surface area contributed by atoms with E-state index >= 15 is 0 Å². The average Bonchev–Trinajstić information content (AvgIpc) is 2.55. The van der Waals surface area contributed by atoms with Crippen LogP contribution in [-0.4, -0.2) is 0 Å². The molecule has 1 heteroatoms. The van der Waals surface area contributed by atoms with Gasteiger partial charge in [0.2, 0.25) is 0 Å². The Balaban J connectivity index is 1.83. The van der Waals surface area contributed by atoms with E-state index in [2.05, 4.69) is 71.0 Å². The lowest BCUT2D eigenvalue weighted by atomic mass is 9.80. The monoisotopic (exact) mass is 370 g/mol. The molecule has 0 saturated heterocycles. The fourth-order valence-electron chi connectivity index (χ4n) is 3.42. The Morgan fingerprint density at radius 2 is 1.15 bits per heavy atom. The summed E-state index contributed by atoms with van der Waals surface area (Å²) in [6.45, 7) is 11.7. The molecule has 2 aromatic rings. The molecule has 0 amide bonds. The van der Waals surface area contributed by atoms with Gasteiger partial charge in [-0.15, -0.1) is 0 Å². The second-order valence-electron chi connectivity index (χ2n) is 9.70. The average molecular weight is 371 g/mol. The van der Waals surface area contributed by atoms with Gasteiger partial charge in [0.25, 0.3) is 0 Å². The molecular formula is C25H35Cl. The quantitative estimate of drug-likeness (QED) is 0.442. The first kappa shape index (κ1) is 21.0. The van der Waals surface area contributed by atoms with E-state index in [1.54, 1.807) is 0 Å². The molecule has 0 heterocycles. The highest BCUT2D eigenvalue weighted by atomic mass is 35.5. The first-order valence-corrected chi connectivity index (χ1v) is 10.3. The van der Waals surface area contributed by atoms with Gasteiger partial charge in [-0.3, -0.25) is 0 Å². The van der Waals surface area contributed by atoms with Crippen LogP contribution in [0.15, 0.2) is 48.5 Å². The Bertz CT molecular complexity index is 657. The summed E-state index contributed by atoms with van der Waals surface area (Å²) >= 11 is 5.98. The lowest BCUT2D eigenvalue weighted by Gasteiger charge is -2.25. The fourth-order valence-corrected chi connectivity index (χ4v) is 3.55. The maximum atomic E-state index is 5.98. The van der Waals surface area contributed by atoms with Gasteiger partial charge in [0.05, 0.1) is 0 Å². The highest BCUT2D eigenvalue weighted by molar-refractivity contribution is 6.30. The number of benzene rings is 2. The molecule has 0 nitrogen and oxygen atoms in total. The minimum Gasteiger partial charge on any atom is -0.0843 e. The van der Waals surface area contributed by atoms with E-state index in [1.165, 1.54) is 42.4 Å². The maximum Gasteiger partial charge on any atom is 0.0406 e. The lowest BCUT2D eigenvalue weighted by Crippen LogP contribution is -2.16. The van der Waals surface area contributed by atoms with E-state index in [9.17, 15) is 0 Å². The van der Waals surface area contributed by atoms with Gasteiger partial charge in [-0.1, -0.05) is 82.6 Å². The van der Waals surface area contributed by atoms with Crippen molar-refractivity contribution in [2.75, 3.05) is 0 Å². The van der Waals surface area contributed by atoms with Crippen LogP contribution in [0.25, 0.3) is 0 Å². The van der Waals surface area contributed by atoms with Gasteiger partial charge >= 0.3 is 0 Å². The molecule has 0 aromatic heterocycles. The summed E-state index contributed by atoms with van der Waals surface area (Å²) in [6.07, 6.45) is 7.17. The standard InChI is InChI=1S/C25H35Cl/c1-24(2,3)17-6-7-20-8-10-22(11-9-20)19-25(4,5)18-16-21-12-14-23(26)15-13-21/h8-15H,6-7,16-19H2,1-5H3. The van der Waals surface area contributed by atoms with Crippen LogP contribution in [0.4, 0.5) is 0 Å². The Hall–Kier alpha value is -1.27. The van der Waals surface area contributed by atoms with Gasteiger partial charge in [-0.05, 0) is 78.2 Å². The molecule has 2 rings (SSSR count). The summed E-state index contributed by atoms with van der Waals surface area (Å²) < 4.78 is 0. The number of halogens is 1. The van der Waals surface area contributed by atoms with E-state index in [0.29, 0.717) is 10.8 Å². The molecule has 0 aliphatic carbocycles. The van der Waals surface area contributed by atoms with Crippen molar-refractivity contribution in [3.63, 3.8) is 0 Å². The van der Waals surface area contributed by atoms with Crippen molar-refractivity contribution in [2.45, 2.75) is 73.1 Å². The van der Waals surface area contributed by atoms with Crippen molar-refractivity contribution in [3.8, 4) is 0 Å². The van der Waals surface area contributed by atoms with Crippen LogP contribution in [0.2, 0.25) is 5.02 Å². The maximum absolute atomic E-state index is 5.98. The van der Waals surface area contributed by atoms with Gasteiger partial charge in [0, 0.05) is 5.02 Å². The van der Waals surface area contributed by atoms with E-state index in [-0.39, 0.29) is 0 Å². The predicted molar refractivity (Wildman–Crippen MR) is 116 cm³/mol. The molecule has 26 heavy (non-hydrogen) atoms. The zero-order chi connectivity index (χ0) is 19.2. The van der Waals surface area contributed by atoms with Crippen LogP contribution in [0.5, 0.6) is 0 Å². The normalized spacial score (nSPS) is 12.4. The van der Waals surface area contributed by atoms with Gasteiger partial charge in [-0.25, -0.2) is 0 Å². The Morgan fingerprint density at radius 1 is 0.654 bits per heavy atom. The first-order chi connectivity index (χ1) is 12.1. The Labute approximate surface area is 166 Å². The van der Waals surface area contributed by atoms with Crippen LogP contribution in [0, 0.1) is 10.8 Å². The third kappa shape index (κ3) is 7.96. The first-order valence-electron chi connectivity index (χ1n) is 9.95. The summed E-state index contributed by atoms with van der Waals surface area (Å²) in [7, 11) is 0. The molecule has 0 radical (unpaired) electrons. The van der Waals surface area contributed by atoms with E-state index in [0.717, 1.165) is 17.9 Å². The summed E-state index contributed by atoms with van der Waals surface area (Å²) in [6, 6.07) is 17.6. The van der Waals surface area contributed by atoms with Crippen molar-refractivity contribution in [1.82, 2.24) is 0 Å². The smallest absolute Gasteiger partial charge is 0.0406 e. The minimum absolute atomic E-state index is 0.299. The third-order valence-corrected chi connectivity index (χ3v) is 5.35. The van der Waals surface area contributed by atoms with Crippen molar-refractivity contribution in [3.05, 3.63) is 70.2 Å². The van der Waals surface area contributed by atoms with E-state index in [1.807, 2.05) is 12.1 Å². The summed E-state index contributed by atoms with van der Waals surface area (Å²) in [5.74, 6) is 0. The predicted octanol–water partition coefficient (Wildman–Crippen LogP) is 7.91. The van der Waals surface area contributed by atoms with Crippen molar-refractivity contribution < 1.29 is 0 Å². The molecule has 0 saturated carbocycles. The summed E-state index contributed by atoms with van der Waals surface area (Å²) in [5, 5.41) is 0.815. The van der Waals surface area contributed by atoms with Crippen molar-refractivity contribution in [2.24, 2.45) is 10.8 Å². The van der Waals surface area contributed by atoms with E-state index in [4.69, 9.17) is 11.6 Å². The van der Waals surface area contributed by atoms with Gasteiger partial charge in [-0.2, -0.15) is 0 Å². The van der Waals surface area contributed by atoms with E-state index < -0.39 is 0 Å². The zero-order valence-corrected chi connectivity index (χ0v) is 18.0. The van der Waals surface area contributed by atoms with Crippen molar-refractivity contribution >= 4 is 11.6 Å². The highest BCUT2D eigenvalue weighted by Crippen LogP contribution is 2.28. The molecule has 0 spiro atoms. The minimum atomic E-state index is 0.299. The van der Waals surface area contributed by atoms with Gasteiger partial charge < -0.3 is 0 Å². The van der Waals surface area contributed by atoms with Gasteiger partial charge in [0.1, 0.15) is 0 Å². The van der Waals surface area contributed by atoms with Crippen LogP contribution in [0.3, 0.4) is 0 Å². The molecule has 2 aromatic carbocycles. The number of aryl methyl sites for hydroxylation is 2. The van der Waals surface area contributed by atoms with Gasteiger partial charge in [0.15, 0.2) is 0 Å². The number of hydrogen-bond acceptors (Lipinski definition) is 0. The number of hydrogen-bond donors (Lipinski definition) is 0. The second-order valence-corrected chi connectivity index (χ2v) is 10.1.